The minimum absolute atomic E-state index is 0.300. The number of isocyanates is 1. The average molecular weight is 245 g/mol. The van der Waals surface area contributed by atoms with Gasteiger partial charge in [-0.25, -0.2) is 4.79 Å². The Morgan fingerprint density at radius 1 is 1.35 bits per heavy atom. The summed E-state index contributed by atoms with van der Waals surface area (Å²) in [5, 5.41) is 0. The van der Waals surface area contributed by atoms with E-state index in [-0.39, 0.29) is 11.8 Å². The summed E-state index contributed by atoms with van der Waals surface area (Å²) < 4.78 is 39.4. The van der Waals surface area contributed by atoms with Gasteiger partial charge in [0, 0.05) is 0 Å². The van der Waals surface area contributed by atoms with Crippen molar-refractivity contribution in [2.45, 2.75) is 25.7 Å². The van der Waals surface area contributed by atoms with E-state index in [2.05, 4.69) is 9.73 Å². The molecule has 0 saturated heterocycles. The van der Waals surface area contributed by atoms with Crippen molar-refractivity contribution >= 4 is 6.08 Å². The first-order valence-corrected chi connectivity index (χ1v) is 4.89. The summed E-state index contributed by atoms with van der Waals surface area (Å²) in [6.07, 6.45) is -2.70. The molecule has 0 bridgehead atoms. The second-order valence-electron chi connectivity index (χ2n) is 3.26. The Balaban J connectivity index is 2.83. The first-order valence-electron chi connectivity index (χ1n) is 4.89. The minimum Gasteiger partial charge on any atom is -0.406 e. The lowest BCUT2D eigenvalue weighted by molar-refractivity contribution is -0.274. The molecular formula is C11H10F3NO2. The van der Waals surface area contributed by atoms with Crippen LogP contribution < -0.4 is 4.74 Å². The maximum absolute atomic E-state index is 11.9. The highest BCUT2D eigenvalue weighted by atomic mass is 19.4. The highest BCUT2D eigenvalue weighted by molar-refractivity contribution is 5.36. The monoisotopic (exact) mass is 245 g/mol. The maximum atomic E-state index is 11.9. The van der Waals surface area contributed by atoms with E-state index in [1.807, 2.05) is 6.92 Å². The van der Waals surface area contributed by atoms with E-state index in [9.17, 15) is 18.0 Å². The lowest BCUT2D eigenvalue weighted by Crippen LogP contribution is -2.17. The number of alkyl halides is 3. The van der Waals surface area contributed by atoms with E-state index in [4.69, 9.17) is 0 Å². The lowest BCUT2D eigenvalue weighted by atomic mass is 10.1. The number of rotatable bonds is 4. The third-order valence-electron chi connectivity index (χ3n) is 2.09. The molecule has 0 fully saturated rings. The van der Waals surface area contributed by atoms with Crippen molar-refractivity contribution in [2.75, 3.05) is 0 Å². The van der Waals surface area contributed by atoms with Gasteiger partial charge in [-0.05, 0) is 24.1 Å². The third-order valence-corrected chi connectivity index (χ3v) is 2.09. The summed E-state index contributed by atoms with van der Waals surface area (Å²) in [7, 11) is 0. The molecule has 0 heterocycles. The minimum atomic E-state index is -4.70. The quantitative estimate of drug-likeness (QED) is 0.602. The van der Waals surface area contributed by atoms with Gasteiger partial charge in [0.05, 0.1) is 6.04 Å². The standard InChI is InChI=1S/C11H10F3NO2/c1-2-10(15-7-16)8-3-5-9(6-4-8)17-11(12,13)14/h3-6,10H,2H2,1H3. The Morgan fingerprint density at radius 2 is 1.94 bits per heavy atom. The van der Waals surface area contributed by atoms with Crippen LogP contribution in [0.4, 0.5) is 13.2 Å². The molecule has 1 atom stereocenters. The number of hydrogen-bond acceptors (Lipinski definition) is 3. The smallest absolute Gasteiger partial charge is 0.406 e. The summed E-state index contributed by atoms with van der Waals surface area (Å²) in [5.74, 6) is -0.300. The molecule has 1 aromatic rings. The van der Waals surface area contributed by atoms with E-state index >= 15 is 0 Å². The van der Waals surface area contributed by atoms with Gasteiger partial charge in [-0.15, -0.1) is 13.2 Å². The molecule has 0 aliphatic carbocycles. The zero-order valence-electron chi connectivity index (χ0n) is 8.99. The van der Waals surface area contributed by atoms with Crippen LogP contribution in [0.2, 0.25) is 0 Å². The van der Waals surface area contributed by atoms with Crippen molar-refractivity contribution in [3.63, 3.8) is 0 Å². The van der Waals surface area contributed by atoms with Gasteiger partial charge < -0.3 is 4.74 Å². The SMILES string of the molecule is CCC(N=C=O)c1ccc(OC(F)(F)F)cc1. The molecule has 0 radical (unpaired) electrons. The largest absolute Gasteiger partial charge is 0.573 e. The summed E-state index contributed by atoms with van der Waals surface area (Å²) >= 11 is 0. The van der Waals surface area contributed by atoms with E-state index in [0.717, 1.165) is 0 Å². The molecule has 1 unspecified atom stereocenters. The molecule has 1 aromatic carbocycles. The fourth-order valence-corrected chi connectivity index (χ4v) is 1.36. The molecule has 0 aromatic heterocycles. The molecule has 0 amide bonds. The van der Waals surface area contributed by atoms with Gasteiger partial charge >= 0.3 is 6.36 Å². The van der Waals surface area contributed by atoms with Gasteiger partial charge in [0.15, 0.2) is 0 Å². The molecule has 0 saturated carbocycles. The van der Waals surface area contributed by atoms with Crippen molar-refractivity contribution in [2.24, 2.45) is 4.99 Å². The Morgan fingerprint density at radius 3 is 2.35 bits per heavy atom. The van der Waals surface area contributed by atoms with Crippen molar-refractivity contribution < 1.29 is 22.7 Å². The first kappa shape index (κ1) is 13.3. The molecule has 92 valence electrons. The van der Waals surface area contributed by atoms with Crippen LogP contribution in [0.3, 0.4) is 0 Å². The van der Waals surface area contributed by atoms with Crippen molar-refractivity contribution in [1.29, 1.82) is 0 Å². The Bertz CT molecular complexity index is 408. The number of hydrogen-bond donors (Lipinski definition) is 0. The fourth-order valence-electron chi connectivity index (χ4n) is 1.36. The fraction of sp³-hybridized carbons (Fsp3) is 0.364. The molecule has 0 aliphatic heterocycles. The molecule has 0 N–H and O–H groups in total. The lowest BCUT2D eigenvalue weighted by Gasteiger charge is -2.11. The summed E-state index contributed by atoms with van der Waals surface area (Å²) in [6.45, 7) is 1.81. The van der Waals surface area contributed by atoms with Crippen LogP contribution in [0.5, 0.6) is 5.75 Å². The Kier molecular flexibility index (Phi) is 4.29. The maximum Gasteiger partial charge on any atom is 0.573 e. The van der Waals surface area contributed by atoms with Crippen LogP contribution in [0, 0.1) is 0 Å². The number of halogens is 3. The van der Waals surface area contributed by atoms with E-state index in [1.165, 1.54) is 30.3 Å². The van der Waals surface area contributed by atoms with Crippen LogP contribution in [-0.2, 0) is 4.79 Å². The second-order valence-corrected chi connectivity index (χ2v) is 3.26. The normalized spacial score (nSPS) is 12.7. The highest BCUT2D eigenvalue weighted by Crippen LogP contribution is 2.26. The molecule has 0 aliphatic rings. The topological polar surface area (TPSA) is 38.7 Å². The summed E-state index contributed by atoms with van der Waals surface area (Å²) in [5.41, 5.74) is 0.644. The highest BCUT2D eigenvalue weighted by Gasteiger charge is 2.31. The molecule has 1 rings (SSSR count). The molecule has 0 spiro atoms. The zero-order valence-corrected chi connectivity index (χ0v) is 8.99. The predicted octanol–water partition coefficient (Wildman–Crippen LogP) is 3.37. The van der Waals surface area contributed by atoms with Crippen LogP contribution in [0.15, 0.2) is 29.3 Å². The van der Waals surface area contributed by atoms with Gasteiger partial charge in [-0.2, -0.15) is 4.99 Å². The number of carbonyl (C=O) groups excluding carboxylic acids is 1. The van der Waals surface area contributed by atoms with Gasteiger partial charge in [0.2, 0.25) is 6.08 Å². The number of ether oxygens (including phenoxy) is 1. The van der Waals surface area contributed by atoms with Crippen molar-refractivity contribution in [3.8, 4) is 5.75 Å². The molecule has 17 heavy (non-hydrogen) atoms. The summed E-state index contributed by atoms with van der Waals surface area (Å²) in [4.78, 5) is 13.7. The first-order chi connectivity index (χ1) is 7.96. The van der Waals surface area contributed by atoms with Crippen molar-refractivity contribution in [3.05, 3.63) is 29.8 Å². The predicted molar refractivity (Wildman–Crippen MR) is 54.3 cm³/mol. The van der Waals surface area contributed by atoms with E-state index in [1.54, 1.807) is 0 Å². The second kappa shape index (κ2) is 5.50. The van der Waals surface area contributed by atoms with Gasteiger partial charge in [0.25, 0.3) is 0 Å². The Hall–Kier alpha value is -1.81. The van der Waals surface area contributed by atoms with E-state index < -0.39 is 6.36 Å². The number of benzene rings is 1. The van der Waals surface area contributed by atoms with Crippen LogP contribution in [0.25, 0.3) is 0 Å². The Labute approximate surface area is 95.9 Å². The molecule has 6 heteroatoms. The van der Waals surface area contributed by atoms with Crippen LogP contribution in [-0.4, -0.2) is 12.4 Å². The summed E-state index contributed by atoms with van der Waals surface area (Å²) in [6, 6.07) is 4.87. The van der Waals surface area contributed by atoms with E-state index in [0.29, 0.717) is 12.0 Å². The average Bonchev–Trinajstić information content (AvgIpc) is 2.25. The molecular weight excluding hydrogens is 235 g/mol. The third kappa shape index (κ3) is 4.28. The van der Waals surface area contributed by atoms with Gasteiger partial charge in [-0.3, -0.25) is 0 Å². The molecule has 3 nitrogen and oxygen atoms in total. The number of nitrogens with zero attached hydrogens (tertiary/aromatic N) is 1. The number of aliphatic imine (C=N–C) groups is 1. The zero-order chi connectivity index (χ0) is 12.9. The van der Waals surface area contributed by atoms with Crippen molar-refractivity contribution in [1.82, 2.24) is 0 Å². The van der Waals surface area contributed by atoms with Gasteiger partial charge in [0.1, 0.15) is 5.75 Å². The van der Waals surface area contributed by atoms with Gasteiger partial charge in [-0.1, -0.05) is 19.1 Å². The van der Waals surface area contributed by atoms with Crippen LogP contribution in [0.1, 0.15) is 24.9 Å². The van der Waals surface area contributed by atoms with Crippen LogP contribution >= 0.6 is 0 Å².